The van der Waals surface area contributed by atoms with E-state index in [4.69, 9.17) is 23.2 Å². The highest BCUT2D eigenvalue weighted by Gasteiger charge is 1.93. The summed E-state index contributed by atoms with van der Waals surface area (Å²) in [5, 5.41) is 4.05. The van der Waals surface area contributed by atoms with Crippen LogP contribution in [-0.4, -0.2) is 0 Å². The standard InChI is InChI=1S/C11H10.C7H6Cl2.C2H6/c1-9-6-7-10-4-2-3-5-11(10)8-9;1-5-2-3-6(8)4-7(5)9;1-2/h2-8H,1H3;2-4H,1H3;1-2H3. The third-order valence-corrected chi connectivity index (χ3v) is 3.68. The molecule has 0 saturated carbocycles. The van der Waals surface area contributed by atoms with Gasteiger partial charge in [-0.25, -0.2) is 0 Å². The van der Waals surface area contributed by atoms with Crippen molar-refractivity contribution in [3.8, 4) is 0 Å². The minimum absolute atomic E-state index is 0.686. The maximum Gasteiger partial charge on any atom is 0.0449 e. The highest BCUT2D eigenvalue weighted by Crippen LogP contribution is 2.19. The molecule has 0 nitrogen and oxygen atoms in total. The summed E-state index contributed by atoms with van der Waals surface area (Å²) in [7, 11) is 0. The lowest BCUT2D eigenvalue weighted by atomic mass is 10.1. The van der Waals surface area contributed by atoms with E-state index in [1.165, 1.54) is 16.3 Å². The minimum atomic E-state index is 0.686. The summed E-state index contributed by atoms with van der Waals surface area (Å²) in [6, 6.07) is 20.4. The topological polar surface area (TPSA) is 0 Å². The maximum absolute atomic E-state index is 5.73. The average Bonchev–Trinajstić information content (AvgIpc) is 2.54. The van der Waals surface area contributed by atoms with Crippen molar-refractivity contribution < 1.29 is 0 Å². The Morgan fingerprint density at radius 2 is 1.32 bits per heavy atom. The van der Waals surface area contributed by atoms with Crippen molar-refractivity contribution >= 4 is 34.0 Å². The second-order valence-electron chi connectivity index (χ2n) is 4.74. The molecule has 3 aromatic rings. The lowest BCUT2D eigenvalue weighted by molar-refractivity contribution is 1.47. The Kier molecular flexibility index (Phi) is 8.01. The molecule has 0 aliphatic rings. The van der Waals surface area contributed by atoms with Crippen LogP contribution in [0.25, 0.3) is 10.8 Å². The molecule has 3 aromatic carbocycles. The average molecular weight is 333 g/mol. The molecule has 116 valence electrons. The molecule has 0 heterocycles. The molecule has 0 spiro atoms. The predicted octanol–water partition coefficient (Wildman–Crippen LogP) is 7.48. The van der Waals surface area contributed by atoms with E-state index in [0.29, 0.717) is 5.02 Å². The van der Waals surface area contributed by atoms with Crippen LogP contribution in [0.15, 0.2) is 60.7 Å². The zero-order valence-corrected chi connectivity index (χ0v) is 15.0. The van der Waals surface area contributed by atoms with Crippen molar-refractivity contribution in [2.45, 2.75) is 27.7 Å². The number of hydrogen-bond acceptors (Lipinski definition) is 0. The molecule has 2 heteroatoms. The summed E-state index contributed by atoms with van der Waals surface area (Å²) in [4.78, 5) is 0. The van der Waals surface area contributed by atoms with E-state index in [2.05, 4.69) is 49.4 Å². The predicted molar refractivity (Wildman–Crippen MR) is 101 cm³/mol. The lowest BCUT2D eigenvalue weighted by Crippen LogP contribution is -1.73. The van der Waals surface area contributed by atoms with Gasteiger partial charge in [-0.05, 0) is 42.3 Å². The van der Waals surface area contributed by atoms with Gasteiger partial charge in [0.2, 0.25) is 0 Å². The van der Waals surface area contributed by atoms with Crippen molar-refractivity contribution in [1.29, 1.82) is 0 Å². The van der Waals surface area contributed by atoms with E-state index in [1.807, 2.05) is 32.9 Å². The summed E-state index contributed by atoms with van der Waals surface area (Å²) in [5.41, 5.74) is 2.38. The highest BCUT2D eigenvalue weighted by molar-refractivity contribution is 6.35. The number of halogens is 2. The first-order chi connectivity index (χ1) is 10.6. The maximum atomic E-state index is 5.73. The van der Waals surface area contributed by atoms with Crippen LogP contribution in [0.1, 0.15) is 25.0 Å². The Morgan fingerprint density at radius 1 is 0.682 bits per heavy atom. The molecule has 0 unspecified atom stereocenters. The van der Waals surface area contributed by atoms with Crippen molar-refractivity contribution in [1.82, 2.24) is 0 Å². The lowest BCUT2D eigenvalue weighted by Gasteiger charge is -1.96. The first-order valence-electron chi connectivity index (χ1n) is 7.43. The fraction of sp³-hybridized carbons (Fsp3) is 0.200. The van der Waals surface area contributed by atoms with Crippen LogP contribution in [0, 0.1) is 13.8 Å². The van der Waals surface area contributed by atoms with Gasteiger partial charge in [0.25, 0.3) is 0 Å². The number of hydrogen-bond donors (Lipinski definition) is 0. The van der Waals surface area contributed by atoms with Crippen molar-refractivity contribution in [3.63, 3.8) is 0 Å². The van der Waals surface area contributed by atoms with Gasteiger partial charge < -0.3 is 0 Å². The van der Waals surface area contributed by atoms with Gasteiger partial charge in [-0.2, -0.15) is 0 Å². The van der Waals surface area contributed by atoms with Crippen molar-refractivity contribution in [2.75, 3.05) is 0 Å². The molecule has 0 aromatic heterocycles. The smallest absolute Gasteiger partial charge is 0.0449 e. The van der Waals surface area contributed by atoms with Crippen LogP contribution >= 0.6 is 23.2 Å². The second kappa shape index (κ2) is 9.50. The van der Waals surface area contributed by atoms with E-state index >= 15 is 0 Å². The molecule has 22 heavy (non-hydrogen) atoms. The first kappa shape index (κ1) is 18.5. The zero-order chi connectivity index (χ0) is 16.5. The highest BCUT2D eigenvalue weighted by atomic mass is 35.5. The second-order valence-corrected chi connectivity index (χ2v) is 5.59. The molecule has 0 bridgehead atoms. The third kappa shape index (κ3) is 5.71. The Balaban J connectivity index is 0.000000202. The van der Waals surface area contributed by atoms with Gasteiger partial charge in [-0.3, -0.25) is 0 Å². The van der Waals surface area contributed by atoms with Gasteiger partial charge in [0.1, 0.15) is 0 Å². The van der Waals surface area contributed by atoms with Gasteiger partial charge >= 0.3 is 0 Å². The van der Waals surface area contributed by atoms with Gasteiger partial charge in [0.15, 0.2) is 0 Å². The molecule has 0 fully saturated rings. The quantitative estimate of drug-likeness (QED) is 0.400. The van der Waals surface area contributed by atoms with Crippen LogP contribution in [0.2, 0.25) is 10.0 Å². The van der Waals surface area contributed by atoms with Crippen LogP contribution in [-0.2, 0) is 0 Å². The van der Waals surface area contributed by atoms with E-state index in [0.717, 1.165) is 10.6 Å². The van der Waals surface area contributed by atoms with E-state index in [1.54, 1.807) is 6.07 Å². The van der Waals surface area contributed by atoms with E-state index in [9.17, 15) is 0 Å². The Morgan fingerprint density at radius 3 is 1.91 bits per heavy atom. The third-order valence-electron chi connectivity index (χ3n) is 3.04. The summed E-state index contributed by atoms with van der Waals surface area (Å²) >= 11 is 11.4. The Bertz CT molecular complexity index is 718. The Labute approximate surface area is 143 Å². The van der Waals surface area contributed by atoms with Crippen LogP contribution in [0.4, 0.5) is 0 Å². The summed E-state index contributed by atoms with van der Waals surface area (Å²) in [6.07, 6.45) is 0. The van der Waals surface area contributed by atoms with Gasteiger partial charge in [-0.15, -0.1) is 0 Å². The fourth-order valence-corrected chi connectivity index (χ4v) is 2.28. The zero-order valence-electron chi connectivity index (χ0n) is 13.5. The number of aryl methyl sites for hydroxylation is 2. The van der Waals surface area contributed by atoms with E-state index in [-0.39, 0.29) is 0 Å². The summed E-state index contributed by atoms with van der Waals surface area (Å²) in [6.45, 7) is 8.06. The number of rotatable bonds is 0. The monoisotopic (exact) mass is 332 g/mol. The molecule has 0 N–H and O–H groups in total. The number of benzene rings is 3. The molecule has 0 atom stereocenters. The van der Waals surface area contributed by atoms with Crippen LogP contribution in [0.3, 0.4) is 0 Å². The van der Waals surface area contributed by atoms with Gasteiger partial charge in [0, 0.05) is 10.0 Å². The van der Waals surface area contributed by atoms with E-state index < -0.39 is 0 Å². The minimum Gasteiger partial charge on any atom is -0.0843 e. The fourth-order valence-electron chi connectivity index (χ4n) is 1.88. The molecular formula is C20H22Cl2. The molecule has 0 amide bonds. The van der Waals surface area contributed by atoms with Gasteiger partial charge in [0.05, 0.1) is 0 Å². The van der Waals surface area contributed by atoms with Crippen LogP contribution in [0.5, 0.6) is 0 Å². The van der Waals surface area contributed by atoms with Crippen molar-refractivity contribution in [3.05, 3.63) is 81.8 Å². The van der Waals surface area contributed by atoms with Crippen LogP contribution < -0.4 is 0 Å². The molecular weight excluding hydrogens is 311 g/mol. The van der Waals surface area contributed by atoms with Gasteiger partial charge in [-0.1, -0.05) is 91.1 Å². The molecule has 0 aliphatic carbocycles. The molecule has 3 rings (SSSR count). The SMILES string of the molecule is CC.Cc1ccc(Cl)cc1Cl.Cc1ccc2ccccc2c1. The van der Waals surface area contributed by atoms with Crippen molar-refractivity contribution in [2.24, 2.45) is 0 Å². The summed E-state index contributed by atoms with van der Waals surface area (Å²) in [5.74, 6) is 0. The first-order valence-corrected chi connectivity index (χ1v) is 8.19. The summed E-state index contributed by atoms with van der Waals surface area (Å²) < 4.78 is 0. The molecule has 0 radical (unpaired) electrons. The molecule has 0 saturated heterocycles. The number of fused-ring (bicyclic) bond motifs is 1. The normalized spacial score (nSPS) is 9.36. The Hall–Kier alpha value is -1.50. The largest absolute Gasteiger partial charge is 0.0843 e. The molecule has 0 aliphatic heterocycles.